The number of rotatable bonds is 9. The second-order valence-electron chi connectivity index (χ2n) is 4.66. The minimum absolute atomic E-state index is 0.207. The molecule has 3 heteroatoms. The average molecular weight is 216 g/mol. The molecule has 0 saturated heterocycles. The van der Waals surface area contributed by atoms with Gasteiger partial charge in [0.15, 0.2) is 0 Å². The Bertz CT molecular complexity index is 138. The summed E-state index contributed by atoms with van der Waals surface area (Å²) in [5.74, 6) is 0. The third-order valence-electron chi connectivity index (χ3n) is 2.43. The molecule has 0 aliphatic carbocycles. The number of aliphatic hydroxyl groups is 1. The number of aliphatic hydroxyl groups excluding tert-OH is 1. The molecule has 0 amide bonds. The lowest BCUT2D eigenvalue weighted by atomic mass is 10.2. The van der Waals surface area contributed by atoms with Crippen LogP contribution in [-0.2, 0) is 0 Å². The van der Waals surface area contributed by atoms with Gasteiger partial charge >= 0.3 is 0 Å². The highest BCUT2D eigenvalue weighted by Gasteiger charge is 2.07. The van der Waals surface area contributed by atoms with E-state index in [9.17, 15) is 5.11 Å². The Kier molecular flexibility index (Phi) is 9.06. The first kappa shape index (κ1) is 14.9. The van der Waals surface area contributed by atoms with Crippen LogP contribution < -0.4 is 0 Å². The van der Waals surface area contributed by atoms with Gasteiger partial charge in [0.25, 0.3) is 0 Å². The topological polar surface area (TPSA) is 26.7 Å². The second-order valence-corrected chi connectivity index (χ2v) is 4.66. The first-order valence-electron chi connectivity index (χ1n) is 6.11. The molecule has 1 atom stereocenters. The number of hydrogen-bond donors (Lipinski definition) is 1. The zero-order valence-electron chi connectivity index (χ0n) is 10.9. The van der Waals surface area contributed by atoms with Crippen LogP contribution in [0.5, 0.6) is 0 Å². The summed E-state index contributed by atoms with van der Waals surface area (Å²) in [6.07, 6.45) is 3.43. The minimum Gasteiger partial charge on any atom is -0.392 e. The van der Waals surface area contributed by atoms with E-state index in [4.69, 9.17) is 0 Å². The summed E-state index contributed by atoms with van der Waals surface area (Å²) in [5, 5.41) is 9.38. The first-order chi connectivity index (χ1) is 7.06. The molecule has 0 aromatic rings. The van der Waals surface area contributed by atoms with Gasteiger partial charge in [0.1, 0.15) is 0 Å². The smallest absolute Gasteiger partial charge is 0.0639 e. The monoisotopic (exact) mass is 216 g/mol. The number of unbranched alkanes of at least 4 members (excludes halogenated alkanes) is 1. The predicted molar refractivity (Wildman–Crippen MR) is 66.2 cm³/mol. The Labute approximate surface area is 95.1 Å². The van der Waals surface area contributed by atoms with Gasteiger partial charge in [-0.15, -0.1) is 0 Å². The van der Waals surface area contributed by atoms with E-state index in [0.717, 1.165) is 26.2 Å². The molecule has 92 valence electrons. The van der Waals surface area contributed by atoms with Crippen molar-refractivity contribution in [3.63, 3.8) is 0 Å². The van der Waals surface area contributed by atoms with Gasteiger partial charge in [-0.25, -0.2) is 0 Å². The van der Waals surface area contributed by atoms with Crippen LogP contribution in [0.4, 0.5) is 0 Å². The van der Waals surface area contributed by atoms with Crippen molar-refractivity contribution in [2.75, 3.05) is 40.3 Å². The van der Waals surface area contributed by atoms with E-state index in [2.05, 4.69) is 30.8 Å². The normalized spacial score (nSPS) is 13.8. The summed E-state index contributed by atoms with van der Waals surface area (Å²) in [7, 11) is 4.20. The molecule has 1 unspecified atom stereocenters. The molecular formula is C12H28N2O. The van der Waals surface area contributed by atoms with Crippen LogP contribution in [0.2, 0.25) is 0 Å². The zero-order chi connectivity index (χ0) is 11.7. The third-order valence-corrected chi connectivity index (χ3v) is 2.43. The third kappa shape index (κ3) is 10.2. The van der Waals surface area contributed by atoms with Crippen molar-refractivity contribution in [2.45, 2.75) is 39.2 Å². The van der Waals surface area contributed by atoms with E-state index in [-0.39, 0.29) is 6.10 Å². The van der Waals surface area contributed by atoms with Crippen molar-refractivity contribution in [1.29, 1.82) is 0 Å². The molecule has 1 N–H and O–H groups in total. The second kappa shape index (κ2) is 9.13. The van der Waals surface area contributed by atoms with Gasteiger partial charge in [-0.3, -0.25) is 0 Å². The van der Waals surface area contributed by atoms with E-state index < -0.39 is 0 Å². The maximum absolute atomic E-state index is 9.38. The fourth-order valence-electron chi connectivity index (χ4n) is 1.66. The molecule has 0 fully saturated rings. The van der Waals surface area contributed by atoms with E-state index in [0.29, 0.717) is 0 Å². The molecular weight excluding hydrogens is 188 g/mol. The van der Waals surface area contributed by atoms with Crippen LogP contribution >= 0.6 is 0 Å². The van der Waals surface area contributed by atoms with Crippen molar-refractivity contribution in [3.05, 3.63) is 0 Å². The molecule has 3 nitrogen and oxygen atoms in total. The van der Waals surface area contributed by atoms with Gasteiger partial charge in [-0.1, -0.05) is 13.3 Å². The maximum atomic E-state index is 9.38. The van der Waals surface area contributed by atoms with Crippen LogP contribution in [-0.4, -0.2) is 61.3 Å². The van der Waals surface area contributed by atoms with Crippen LogP contribution in [0, 0.1) is 0 Å². The SMILES string of the molecule is CCCCN(CCCN(C)C)CC(C)O. The van der Waals surface area contributed by atoms with E-state index in [1.165, 1.54) is 19.3 Å². The Hall–Kier alpha value is -0.120. The summed E-state index contributed by atoms with van der Waals surface area (Å²) >= 11 is 0. The van der Waals surface area contributed by atoms with Gasteiger partial charge in [-0.2, -0.15) is 0 Å². The van der Waals surface area contributed by atoms with E-state index in [1.807, 2.05) is 6.92 Å². The quantitative estimate of drug-likeness (QED) is 0.631. The van der Waals surface area contributed by atoms with Crippen LogP contribution in [0.25, 0.3) is 0 Å². The summed E-state index contributed by atoms with van der Waals surface area (Å²) in [6, 6.07) is 0. The fraction of sp³-hybridized carbons (Fsp3) is 1.00. The molecule has 15 heavy (non-hydrogen) atoms. The zero-order valence-corrected chi connectivity index (χ0v) is 10.9. The van der Waals surface area contributed by atoms with Crippen molar-refractivity contribution >= 4 is 0 Å². The molecule has 0 aliphatic rings. The average Bonchev–Trinajstić information content (AvgIpc) is 2.12. The summed E-state index contributed by atoms with van der Waals surface area (Å²) in [6.45, 7) is 8.24. The number of nitrogens with zero attached hydrogens (tertiary/aromatic N) is 2. The Morgan fingerprint density at radius 3 is 2.13 bits per heavy atom. The molecule has 0 saturated carbocycles. The molecule has 0 aliphatic heterocycles. The Morgan fingerprint density at radius 2 is 1.67 bits per heavy atom. The van der Waals surface area contributed by atoms with Gasteiger partial charge in [-0.05, 0) is 53.5 Å². The van der Waals surface area contributed by atoms with Gasteiger partial charge in [0.2, 0.25) is 0 Å². The fourth-order valence-corrected chi connectivity index (χ4v) is 1.66. The van der Waals surface area contributed by atoms with Gasteiger partial charge in [0.05, 0.1) is 6.10 Å². The molecule has 0 aromatic carbocycles. The number of hydrogen-bond acceptors (Lipinski definition) is 3. The molecule has 0 heterocycles. The lowest BCUT2D eigenvalue weighted by Gasteiger charge is -2.24. The standard InChI is InChI=1S/C12H28N2O/c1-5-6-9-14(11-12(2)15)10-7-8-13(3)4/h12,15H,5-11H2,1-4H3. The van der Waals surface area contributed by atoms with Crippen LogP contribution in [0.1, 0.15) is 33.1 Å². The molecule has 0 rings (SSSR count). The Morgan fingerprint density at radius 1 is 1.07 bits per heavy atom. The maximum Gasteiger partial charge on any atom is 0.0639 e. The molecule has 0 radical (unpaired) electrons. The van der Waals surface area contributed by atoms with E-state index >= 15 is 0 Å². The highest BCUT2D eigenvalue weighted by atomic mass is 16.3. The largest absolute Gasteiger partial charge is 0.392 e. The Balaban J connectivity index is 3.69. The lowest BCUT2D eigenvalue weighted by Crippen LogP contribution is -2.34. The van der Waals surface area contributed by atoms with Gasteiger partial charge in [0, 0.05) is 6.54 Å². The highest BCUT2D eigenvalue weighted by Crippen LogP contribution is 1.99. The van der Waals surface area contributed by atoms with Crippen molar-refractivity contribution in [1.82, 2.24) is 9.80 Å². The molecule has 0 bridgehead atoms. The molecule has 0 spiro atoms. The van der Waals surface area contributed by atoms with Crippen molar-refractivity contribution in [2.24, 2.45) is 0 Å². The minimum atomic E-state index is -0.207. The van der Waals surface area contributed by atoms with Crippen molar-refractivity contribution in [3.8, 4) is 0 Å². The molecule has 0 aromatic heterocycles. The summed E-state index contributed by atoms with van der Waals surface area (Å²) in [4.78, 5) is 4.58. The summed E-state index contributed by atoms with van der Waals surface area (Å²) < 4.78 is 0. The van der Waals surface area contributed by atoms with Crippen LogP contribution in [0.3, 0.4) is 0 Å². The summed E-state index contributed by atoms with van der Waals surface area (Å²) in [5.41, 5.74) is 0. The van der Waals surface area contributed by atoms with E-state index in [1.54, 1.807) is 0 Å². The van der Waals surface area contributed by atoms with Gasteiger partial charge < -0.3 is 14.9 Å². The lowest BCUT2D eigenvalue weighted by molar-refractivity contribution is 0.123. The first-order valence-corrected chi connectivity index (χ1v) is 6.11. The van der Waals surface area contributed by atoms with Crippen molar-refractivity contribution < 1.29 is 5.11 Å². The highest BCUT2D eigenvalue weighted by molar-refractivity contribution is 4.62. The predicted octanol–water partition coefficient (Wildman–Crippen LogP) is 1.42. The van der Waals surface area contributed by atoms with Crippen LogP contribution in [0.15, 0.2) is 0 Å².